The number of ether oxygens (including phenoxy) is 2. The second kappa shape index (κ2) is 3.71. The highest BCUT2D eigenvalue weighted by Gasteiger charge is 2.34. The zero-order valence-electron chi connectivity index (χ0n) is 7.86. The van der Waals surface area contributed by atoms with Crippen molar-refractivity contribution in [2.24, 2.45) is 0 Å². The molecule has 1 N–H and O–H groups in total. The minimum atomic E-state index is -4.80. The highest BCUT2D eigenvalue weighted by atomic mass is 19.4. The molecule has 0 aliphatic carbocycles. The normalized spacial score (nSPS) is 19.5. The van der Waals surface area contributed by atoms with Gasteiger partial charge in [0.2, 0.25) is 6.29 Å². The number of halogens is 3. The lowest BCUT2D eigenvalue weighted by molar-refractivity contribution is -0.290. The maximum Gasteiger partial charge on any atom is 0.573 e. The van der Waals surface area contributed by atoms with E-state index in [4.69, 9.17) is 4.74 Å². The summed E-state index contributed by atoms with van der Waals surface area (Å²) in [6.45, 7) is 0. The van der Waals surface area contributed by atoms with E-state index in [9.17, 15) is 18.3 Å². The molecule has 3 nitrogen and oxygen atoms in total. The molecule has 0 amide bonds. The summed E-state index contributed by atoms with van der Waals surface area (Å²) in [5.74, 6) is -0.307. The molecule has 0 saturated heterocycles. The van der Waals surface area contributed by atoms with Gasteiger partial charge in [0.05, 0.1) is 5.56 Å². The molecule has 0 bridgehead atoms. The Kier molecular flexibility index (Phi) is 2.51. The molecule has 0 spiro atoms. The second-order valence-corrected chi connectivity index (χ2v) is 3.08. The van der Waals surface area contributed by atoms with Crippen molar-refractivity contribution in [2.45, 2.75) is 12.7 Å². The largest absolute Gasteiger partial charge is 0.573 e. The first kappa shape index (κ1) is 10.8. The van der Waals surface area contributed by atoms with Gasteiger partial charge in [-0.3, -0.25) is 0 Å². The van der Waals surface area contributed by atoms with Crippen LogP contribution < -0.4 is 4.74 Å². The first-order chi connectivity index (χ1) is 7.46. The van der Waals surface area contributed by atoms with Gasteiger partial charge in [0.1, 0.15) is 11.5 Å². The molecule has 1 aromatic rings. The number of alkyl halides is 3. The third kappa shape index (κ3) is 2.27. The zero-order valence-corrected chi connectivity index (χ0v) is 7.86. The number of benzene rings is 1. The summed E-state index contributed by atoms with van der Waals surface area (Å²) < 4.78 is 44.9. The minimum absolute atomic E-state index is 0.150. The molecule has 0 aromatic heterocycles. The standard InChI is InChI=1S/C10H7F3O3/c11-10(12,13)16-8-5-9(14)15-7-4-2-1-3-6(7)8/h1-5,9,14H. The Morgan fingerprint density at radius 1 is 1.25 bits per heavy atom. The molecule has 6 heteroatoms. The van der Waals surface area contributed by atoms with Gasteiger partial charge in [-0.15, -0.1) is 13.2 Å². The average molecular weight is 232 g/mol. The fourth-order valence-electron chi connectivity index (χ4n) is 1.37. The summed E-state index contributed by atoms with van der Waals surface area (Å²) in [7, 11) is 0. The quantitative estimate of drug-likeness (QED) is 0.807. The molecule has 0 saturated carbocycles. The number of rotatable bonds is 1. The molecule has 16 heavy (non-hydrogen) atoms. The zero-order chi connectivity index (χ0) is 11.8. The van der Waals surface area contributed by atoms with Crippen LogP contribution in [0.2, 0.25) is 0 Å². The van der Waals surface area contributed by atoms with E-state index >= 15 is 0 Å². The predicted molar refractivity (Wildman–Crippen MR) is 48.2 cm³/mol. The maximum atomic E-state index is 12.1. The van der Waals surface area contributed by atoms with Crippen molar-refractivity contribution in [1.82, 2.24) is 0 Å². The lowest BCUT2D eigenvalue weighted by Gasteiger charge is -2.22. The van der Waals surface area contributed by atoms with Crippen molar-refractivity contribution in [1.29, 1.82) is 0 Å². The Morgan fingerprint density at radius 2 is 1.94 bits per heavy atom. The van der Waals surface area contributed by atoms with Crippen LogP contribution in [0.1, 0.15) is 5.56 Å². The summed E-state index contributed by atoms with van der Waals surface area (Å²) in [6.07, 6.45) is -5.38. The van der Waals surface area contributed by atoms with Crippen molar-refractivity contribution < 1.29 is 27.8 Å². The first-order valence-electron chi connectivity index (χ1n) is 4.37. The first-order valence-corrected chi connectivity index (χ1v) is 4.37. The van der Waals surface area contributed by atoms with E-state index in [2.05, 4.69) is 4.74 Å². The van der Waals surface area contributed by atoms with Crippen molar-refractivity contribution in [3.05, 3.63) is 35.9 Å². The molecule has 1 heterocycles. The number of aliphatic hydroxyl groups excluding tert-OH is 1. The van der Waals surface area contributed by atoms with Crippen LogP contribution in [-0.4, -0.2) is 17.8 Å². The molecule has 1 unspecified atom stereocenters. The van der Waals surface area contributed by atoms with E-state index in [1.807, 2.05) is 0 Å². The van der Waals surface area contributed by atoms with Crippen LogP contribution in [0.3, 0.4) is 0 Å². The molecule has 0 radical (unpaired) electrons. The van der Waals surface area contributed by atoms with E-state index in [0.29, 0.717) is 0 Å². The summed E-state index contributed by atoms with van der Waals surface area (Å²) in [5.41, 5.74) is 0.158. The Balaban J connectivity index is 2.36. The van der Waals surface area contributed by atoms with Gasteiger partial charge in [-0.25, -0.2) is 0 Å². The van der Waals surface area contributed by atoms with Gasteiger partial charge >= 0.3 is 6.36 Å². The van der Waals surface area contributed by atoms with Crippen LogP contribution in [0.4, 0.5) is 13.2 Å². The van der Waals surface area contributed by atoms with Gasteiger partial charge < -0.3 is 14.6 Å². The minimum Gasteiger partial charge on any atom is -0.461 e. The van der Waals surface area contributed by atoms with Gasteiger partial charge in [-0.2, -0.15) is 0 Å². The highest BCUT2D eigenvalue weighted by molar-refractivity contribution is 5.67. The topological polar surface area (TPSA) is 38.7 Å². The van der Waals surface area contributed by atoms with Gasteiger partial charge in [-0.05, 0) is 12.1 Å². The van der Waals surface area contributed by atoms with Gasteiger partial charge in [0, 0.05) is 6.08 Å². The van der Waals surface area contributed by atoms with E-state index in [-0.39, 0.29) is 11.3 Å². The number of para-hydroxylation sites is 1. The highest BCUT2D eigenvalue weighted by Crippen LogP contribution is 2.35. The molecular formula is C10H7F3O3. The Morgan fingerprint density at radius 3 is 2.62 bits per heavy atom. The van der Waals surface area contributed by atoms with Crippen LogP contribution in [0.5, 0.6) is 5.75 Å². The summed E-state index contributed by atoms with van der Waals surface area (Å²) in [5, 5.41) is 9.18. The monoisotopic (exact) mass is 232 g/mol. The maximum absolute atomic E-state index is 12.1. The van der Waals surface area contributed by atoms with E-state index in [1.54, 1.807) is 12.1 Å². The number of hydrogen-bond acceptors (Lipinski definition) is 3. The molecule has 0 fully saturated rings. The second-order valence-electron chi connectivity index (χ2n) is 3.08. The fourth-order valence-corrected chi connectivity index (χ4v) is 1.37. The number of fused-ring (bicyclic) bond motifs is 1. The Bertz CT molecular complexity index is 426. The van der Waals surface area contributed by atoms with Crippen LogP contribution in [0, 0.1) is 0 Å². The molecule has 1 aliphatic heterocycles. The van der Waals surface area contributed by atoms with Crippen LogP contribution >= 0.6 is 0 Å². The molecular weight excluding hydrogens is 225 g/mol. The summed E-state index contributed by atoms with van der Waals surface area (Å²) in [4.78, 5) is 0. The lowest BCUT2D eigenvalue weighted by atomic mass is 10.1. The van der Waals surface area contributed by atoms with E-state index in [0.717, 1.165) is 6.08 Å². The SMILES string of the molecule is OC1C=C(OC(F)(F)F)c2ccccc2O1. The Hall–Kier alpha value is -1.69. The van der Waals surface area contributed by atoms with Crippen molar-refractivity contribution in [2.75, 3.05) is 0 Å². The summed E-state index contributed by atoms with van der Waals surface area (Å²) in [6, 6.07) is 6.00. The van der Waals surface area contributed by atoms with E-state index in [1.165, 1.54) is 12.1 Å². The van der Waals surface area contributed by atoms with Crippen LogP contribution in [-0.2, 0) is 4.74 Å². The third-order valence-electron chi connectivity index (χ3n) is 1.92. The molecule has 2 rings (SSSR count). The Labute approximate surface area is 88.7 Å². The lowest BCUT2D eigenvalue weighted by Crippen LogP contribution is -2.21. The average Bonchev–Trinajstić information content (AvgIpc) is 2.14. The fraction of sp³-hybridized carbons (Fsp3) is 0.200. The van der Waals surface area contributed by atoms with E-state index < -0.39 is 18.4 Å². The predicted octanol–water partition coefficient (Wildman–Crippen LogP) is 2.27. The summed E-state index contributed by atoms with van der Waals surface area (Å²) >= 11 is 0. The van der Waals surface area contributed by atoms with Crippen molar-refractivity contribution >= 4 is 5.76 Å². The molecule has 86 valence electrons. The molecule has 1 atom stereocenters. The van der Waals surface area contributed by atoms with Gasteiger partial charge in [0.15, 0.2) is 0 Å². The van der Waals surface area contributed by atoms with Crippen LogP contribution in [0.15, 0.2) is 30.3 Å². The molecule has 1 aliphatic rings. The smallest absolute Gasteiger partial charge is 0.461 e. The third-order valence-corrected chi connectivity index (χ3v) is 1.92. The van der Waals surface area contributed by atoms with Crippen LogP contribution in [0.25, 0.3) is 5.76 Å². The number of hydrogen-bond donors (Lipinski definition) is 1. The van der Waals surface area contributed by atoms with Crippen molar-refractivity contribution in [3.8, 4) is 5.75 Å². The number of aliphatic hydroxyl groups is 1. The van der Waals surface area contributed by atoms with Gasteiger partial charge in [0.25, 0.3) is 0 Å². The molecule has 1 aromatic carbocycles. The van der Waals surface area contributed by atoms with Crippen molar-refractivity contribution in [3.63, 3.8) is 0 Å². The van der Waals surface area contributed by atoms with Gasteiger partial charge in [-0.1, -0.05) is 12.1 Å².